The van der Waals surface area contributed by atoms with Crippen LogP contribution in [0.25, 0.3) is 0 Å². The molecule has 0 radical (unpaired) electrons. The Hall–Kier alpha value is -1.22. The Morgan fingerprint density at radius 1 is 1.20 bits per heavy atom. The summed E-state index contributed by atoms with van der Waals surface area (Å²) in [4.78, 5) is 10.8. The van der Waals surface area contributed by atoms with Crippen LogP contribution in [0.3, 0.4) is 0 Å². The van der Waals surface area contributed by atoms with Gasteiger partial charge in [0, 0.05) is 0 Å². The Morgan fingerprint density at radius 3 is 2.40 bits per heavy atom. The van der Waals surface area contributed by atoms with E-state index in [0.29, 0.717) is 12.4 Å². The fraction of sp³-hybridized carbons (Fsp3) is 0.562. The molecule has 0 heterocycles. The van der Waals surface area contributed by atoms with E-state index in [2.05, 4.69) is 6.92 Å². The number of benzene rings is 1. The summed E-state index contributed by atoms with van der Waals surface area (Å²) in [5.41, 5.74) is 0.104. The topological polar surface area (TPSA) is 46.5 Å². The van der Waals surface area contributed by atoms with Crippen molar-refractivity contribution in [2.75, 3.05) is 6.61 Å². The van der Waals surface area contributed by atoms with Crippen molar-refractivity contribution in [3.05, 3.63) is 28.8 Å². The van der Waals surface area contributed by atoms with Gasteiger partial charge in [-0.25, -0.2) is 4.79 Å². The highest BCUT2D eigenvalue weighted by Crippen LogP contribution is 2.22. The lowest BCUT2D eigenvalue weighted by Crippen LogP contribution is -2.00. The zero-order chi connectivity index (χ0) is 15.4. The van der Waals surface area contributed by atoms with Gasteiger partial charge in [0.25, 0.3) is 0 Å². The predicted molar refractivity (Wildman–Crippen MR) is 84.0 cm³/mol. The van der Waals surface area contributed by atoms with Gasteiger partial charge in [0.05, 0.1) is 17.2 Å². The number of rotatable bonds is 8. The number of hydrogen-bond donors (Lipinski definition) is 1. The van der Waals surface area contributed by atoms with Crippen molar-refractivity contribution in [3.8, 4) is 5.75 Å². The molecule has 20 heavy (non-hydrogen) atoms. The smallest absolute Gasteiger partial charge is 0.337 e. The molecule has 0 aliphatic rings. The molecule has 1 aromatic rings. The normalized spacial score (nSPS) is 9.60. The average molecular weight is 301 g/mol. The summed E-state index contributed by atoms with van der Waals surface area (Å²) in [5.74, 6) is -0.397. The highest BCUT2D eigenvalue weighted by Gasteiger charge is 2.09. The average Bonchev–Trinajstić information content (AvgIpc) is 2.44. The van der Waals surface area contributed by atoms with E-state index in [1.807, 2.05) is 13.8 Å². The van der Waals surface area contributed by atoms with Crippen molar-refractivity contribution in [2.24, 2.45) is 0 Å². The second-order valence-corrected chi connectivity index (χ2v) is 4.62. The van der Waals surface area contributed by atoms with Crippen LogP contribution in [0.4, 0.5) is 0 Å². The lowest BCUT2D eigenvalue weighted by molar-refractivity contribution is 0.0697. The number of unbranched alkanes of at least 4 members (excludes halogenated alkanes) is 4. The van der Waals surface area contributed by atoms with Crippen molar-refractivity contribution in [1.82, 2.24) is 0 Å². The number of carboxylic acids is 1. The van der Waals surface area contributed by atoms with Gasteiger partial charge in [-0.3, -0.25) is 0 Å². The first-order valence-corrected chi connectivity index (χ1v) is 7.68. The van der Waals surface area contributed by atoms with E-state index < -0.39 is 5.97 Å². The van der Waals surface area contributed by atoms with Crippen LogP contribution in [0, 0.1) is 0 Å². The first-order chi connectivity index (χ1) is 9.65. The van der Waals surface area contributed by atoms with E-state index in [-0.39, 0.29) is 10.6 Å². The van der Waals surface area contributed by atoms with Gasteiger partial charge >= 0.3 is 5.97 Å². The molecule has 0 amide bonds. The van der Waals surface area contributed by atoms with E-state index in [1.54, 1.807) is 12.1 Å². The molecular weight excluding hydrogens is 276 g/mol. The molecule has 0 atom stereocenters. The summed E-state index contributed by atoms with van der Waals surface area (Å²) in [6.45, 7) is 6.83. The standard InChI is InChI=1S/C14H19ClO3.C2H6/c1-2-3-4-5-6-9-18-11-7-8-12(14(16)17)13(15)10-11;1-2/h7-8,10H,2-6,9H2,1H3,(H,16,17);1-2H3. The van der Waals surface area contributed by atoms with E-state index in [4.69, 9.17) is 21.4 Å². The Morgan fingerprint density at radius 2 is 1.85 bits per heavy atom. The fourth-order valence-electron chi connectivity index (χ4n) is 1.65. The molecule has 1 aromatic carbocycles. The van der Waals surface area contributed by atoms with Crippen LogP contribution in [-0.4, -0.2) is 17.7 Å². The third-order valence-corrected chi connectivity index (χ3v) is 3.00. The molecule has 0 spiro atoms. The summed E-state index contributed by atoms with van der Waals surface area (Å²) in [6, 6.07) is 4.66. The predicted octanol–water partition coefficient (Wildman–Crippen LogP) is 5.41. The van der Waals surface area contributed by atoms with Gasteiger partial charge in [0.1, 0.15) is 5.75 Å². The van der Waals surface area contributed by atoms with Gasteiger partial charge in [-0.2, -0.15) is 0 Å². The van der Waals surface area contributed by atoms with Gasteiger partial charge in [-0.15, -0.1) is 0 Å². The summed E-state index contributed by atoms with van der Waals surface area (Å²) in [6.07, 6.45) is 5.90. The van der Waals surface area contributed by atoms with E-state index in [9.17, 15) is 4.79 Å². The van der Waals surface area contributed by atoms with Gasteiger partial charge in [-0.05, 0) is 24.6 Å². The number of ether oxygens (including phenoxy) is 1. The molecule has 0 aromatic heterocycles. The van der Waals surface area contributed by atoms with Crippen molar-refractivity contribution in [3.63, 3.8) is 0 Å². The molecule has 0 fully saturated rings. The first-order valence-electron chi connectivity index (χ1n) is 7.30. The number of halogens is 1. The van der Waals surface area contributed by atoms with Gasteiger partial charge in [0.2, 0.25) is 0 Å². The van der Waals surface area contributed by atoms with Crippen molar-refractivity contribution in [2.45, 2.75) is 52.9 Å². The number of aromatic carboxylic acids is 1. The molecule has 1 N–H and O–H groups in total. The third kappa shape index (κ3) is 7.39. The lowest BCUT2D eigenvalue weighted by atomic mass is 10.2. The molecule has 4 heteroatoms. The molecule has 0 unspecified atom stereocenters. The minimum atomic E-state index is -1.02. The second kappa shape index (κ2) is 11.6. The minimum absolute atomic E-state index is 0.104. The van der Waals surface area contributed by atoms with E-state index in [1.165, 1.54) is 25.3 Å². The maximum absolute atomic E-state index is 10.8. The maximum atomic E-state index is 10.8. The molecule has 0 saturated carbocycles. The maximum Gasteiger partial charge on any atom is 0.337 e. The van der Waals surface area contributed by atoms with Crippen molar-refractivity contribution < 1.29 is 14.6 Å². The molecule has 0 bridgehead atoms. The zero-order valence-corrected chi connectivity index (χ0v) is 13.4. The van der Waals surface area contributed by atoms with E-state index >= 15 is 0 Å². The van der Waals surface area contributed by atoms with Crippen LogP contribution < -0.4 is 4.74 Å². The highest BCUT2D eigenvalue weighted by atomic mass is 35.5. The molecule has 1 rings (SSSR count). The van der Waals surface area contributed by atoms with Crippen LogP contribution in [0.5, 0.6) is 5.75 Å². The van der Waals surface area contributed by atoms with Gasteiger partial charge in [-0.1, -0.05) is 58.1 Å². The molecule has 3 nitrogen and oxygen atoms in total. The Kier molecular flexibility index (Phi) is 10.9. The SMILES string of the molecule is CC.CCCCCCCOc1ccc(C(=O)O)c(Cl)c1. The van der Waals surface area contributed by atoms with Crippen molar-refractivity contribution >= 4 is 17.6 Å². The zero-order valence-electron chi connectivity index (χ0n) is 12.6. The van der Waals surface area contributed by atoms with Crippen LogP contribution >= 0.6 is 11.6 Å². The summed E-state index contributed by atoms with van der Waals surface area (Å²) in [7, 11) is 0. The highest BCUT2D eigenvalue weighted by molar-refractivity contribution is 6.33. The van der Waals surface area contributed by atoms with Crippen LogP contribution in [0.15, 0.2) is 18.2 Å². The molecule has 0 saturated heterocycles. The number of carbonyl (C=O) groups is 1. The van der Waals surface area contributed by atoms with Crippen LogP contribution in [-0.2, 0) is 0 Å². The summed E-state index contributed by atoms with van der Waals surface area (Å²) < 4.78 is 5.52. The Bertz CT molecular complexity index is 391. The summed E-state index contributed by atoms with van der Waals surface area (Å²) in [5, 5.41) is 9.04. The van der Waals surface area contributed by atoms with E-state index in [0.717, 1.165) is 12.8 Å². The molecule has 0 aliphatic heterocycles. The van der Waals surface area contributed by atoms with Gasteiger partial charge in [0.15, 0.2) is 0 Å². The lowest BCUT2D eigenvalue weighted by Gasteiger charge is -2.07. The van der Waals surface area contributed by atoms with Crippen LogP contribution in [0.1, 0.15) is 63.2 Å². The fourth-order valence-corrected chi connectivity index (χ4v) is 1.91. The Labute approximate surface area is 126 Å². The molecular formula is C16H25ClO3. The number of hydrogen-bond acceptors (Lipinski definition) is 2. The minimum Gasteiger partial charge on any atom is -0.494 e. The monoisotopic (exact) mass is 300 g/mol. The van der Waals surface area contributed by atoms with Crippen molar-refractivity contribution in [1.29, 1.82) is 0 Å². The largest absolute Gasteiger partial charge is 0.494 e. The molecule has 114 valence electrons. The molecule has 0 aliphatic carbocycles. The second-order valence-electron chi connectivity index (χ2n) is 4.21. The van der Waals surface area contributed by atoms with Gasteiger partial charge < -0.3 is 9.84 Å². The van der Waals surface area contributed by atoms with Crippen LogP contribution in [0.2, 0.25) is 5.02 Å². The first kappa shape index (κ1) is 18.8. The third-order valence-electron chi connectivity index (χ3n) is 2.69. The number of carboxylic acid groups (broad SMARTS) is 1. The Balaban J connectivity index is 0.00000172. The summed E-state index contributed by atoms with van der Waals surface area (Å²) >= 11 is 5.84. The quantitative estimate of drug-likeness (QED) is 0.653.